The molecule has 0 bridgehead atoms. The van der Waals surface area contributed by atoms with Crippen molar-refractivity contribution in [1.29, 1.82) is 0 Å². The van der Waals surface area contributed by atoms with Crippen molar-refractivity contribution < 1.29 is 30.8 Å². The standard InChI is InChI=1S/C21H19F4N3O3S/c1-13(29)14-2-5-17(6-3-14)32(30,31)27-10-8-16(9-11-27)28-19-7-4-15(22)12-18(19)26-20(28)21(23,24)25/h2-7,12,16H,8-11H2,1H3. The van der Waals surface area contributed by atoms with Crippen LogP contribution >= 0.6 is 0 Å². The second-order valence-corrected chi connectivity index (χ2v) is 9.59. The molecule has 2 heterocycles. The third-order valence-electron chi connectivity index (χ3n) is 5.59. The van der Waals surface area contributed by atoms with Crippen LogP contribution in [0.15, 0.2) is 47.4 Å². The fourth-order valence-electron chi connectivity index (χ4n) is 3.99. The predicted octanol–water partition coefficient (Wildman–Crippen LogP) is 4.42. The molecule has 0 aliphatic carbocycles. The van der Waals surface area contributed by atoms with Crippen LogP contribution in [0.3, 0.4) is 0 Å². The summed E-state index contributed by atoms with van der Waals surface area (Å²) in [6.45, 7) is 1.40. The highest BCUT2D eigenvalue weighted by Crippen LogP contribution is 2.37. The Morgan fingerprint density at radius 1 is 1.06 bits per heavy atom. The van der Waals surface area contributed by atoms with Gasteiger partial charge in [-0.05, 0) is 44.0 Å². The fraction of sp³-hybridized carbons (Fsp3) is 0.333. The number of aromatic nitrogens is 2. The Morgan fingerprint density at radius 2 is 1.69 bits per heavy atom. The first-order chi connectivity index (χ1) is 15.0. The summed E-state index contributed by atoms with van der Waals surface area (Å²) in [6.07, 6.45) is -4.47. The number of carbonyl (C=O) groups excluding carboxylic acids is 1. The van der Waals surface area contributed by atoms with Crippen molar-refractivity contribution >= 4 is 26.8 Å². The van der Waals surface area contributed by atoms with E-state index >= 15 is 0 Å². The minimum absolute atomic E-state index is 0.0135. The molecule has 4 rings (SSSR count). The summed E-state index contributed by atoms with van der Waals surface area (Å²) in [4.78, 5) is 15.0. The molecule has 1 saturated heterocycles. The lowest BCUT2D eigenvalue weighted by molar-refractivity contribution is -0.147. The highest BCUT2D eigenvalue weighted by Gasteiger charge is 2.40. The van der Waals surface area contributed by atoms with Crippen molar-refractivity contribution in [3.05, 3.63) is 59.7 Å². The third kappa shape index (κ3) is 4.02. The lowest BCUT2D eigenvalue weighted by atomic mass is 10.1. The number of fused-ring (bicyclic) bond motifs is 1. The zero-order valence-corrected chi connectivity index (χ0v) is 17.8. The molecule has 170 valence electrons. The smallest absolute Gasteiger partial charge is 0.317 e. The van der Waals surface area contributed by atoms with Gasteiger partial charge >= 0.3 is 6.18 Å². The Morgan fingerprint density at radius 3 is 2.25 bits per heavy atom. The average Bonchev–Trinajstić information content (AvgIpc) is 3.13. The molecule has 3 aromatic rings. The van der Waals surface area contributed by atoms with E-state index in [1.54, 1.807) is 0 Å². The topological polar surface area (TPSA) is 72.3 Å². The van der Waals surface area contributed by atoms with Gasteiger partial charge in [0.1, 0.15) is 5.82 Å². The van der Waals surface area contributed by atoms with Crippen LogP contribution < -0.4 is 0 Å². The van der Waals surface area contributed by atoms with Crippen molar-refractivity contribution in [2.45, 2.75) is 36.9 Å². The van der Waals surface area contributed by atoms with Crippen LogP contribution in [-0.4, -0.2) is 41.1 Å². The maximum Gasteiger partial charge on any atom is 0.449 e. The molecular formula is C21H19F4N3O3S. The van der Waals surface area contributed by atoms with Gasteiger partial charge in [0.05, 0.1) is 15.9 Å². The number of imidazole rings is 1. The molecule has 0 unspecified atom stereocenters. The maximum atomic E-state index is 13.6. The van der Waals surface area contributed by atoms with E-state index in [9.17, 15) is 30.8 Å². The number of rotatable bonds is 4. The summed E-state index contributed by atoms with van der Waals surface area (Å²) in [5, 5.41) is 0. The fourth-order valence-corrected chi connectivity index (χ4v) is 5.46. The van der Waals surface area contributed by atoms with E-state index in [2.05, 4.69) is 4.98 Å². The molecule has 0 radical (unpaired) electrons. The number of benzene rings is 2. The van der Waals surface area contributed by atoms with Gasteiger partial charge in [0.2, 0.25) is 15.8 Å². The monoisotopic (exact) mass is 469 g/mol. The van der Waals surface area contributed by atoms with E-state index in [0.717, 1.165) is 16.7 Å². The Kier molecular flexibility index (Phi) is 5.58. The molecule has 32 heavy (non-hydrogen) atoms. The summed E-state index contributed by atoms with van der Waals surface area (Å²) in [6, 6.07) is 8.18. The Labute approximate surface area is 181 Å². The van der Waals surface area contributed by atoms with Crippen molar-refractivity contribution in [2.75, 3.05) is 13.1 Å². The zero-order valence-electron chi connectivity index (χ0n) is 16.9. The second kappa shape index (κ2) is 7.96. The summed E-state index contributed by atoms with van der Waals surface area (Å²) in [5.74, 6) is -2.01. The largest absolute Gasteiger partial charge is 0.449 e. The number of sulfonamides is 1. The number of halogens is 4. The van der Waals surface area contributed by atoms with E-state index in [4.69, 9.17) is 0 Å². The SMILES string of the molecule is CC(=O)c1ccc(S(=O)(=O)N2CCC(n3c(C(F)(F)F)nc4cc(F)ccc43)CC2)cc1. The zero-order chi connectivity index (χ0) is 23.3. The van der Waals surface area contributed by atoms with Gasteiger partial charge in [-0.15, -0.1) is 0 Å². The molecule has 1 fully saturated rings. The van der Waals surface area contributed by atoms with Gasteiger partial charge in [0, 0.05) is 30.8 Å². The number of nitrogens with zero attached hydrogens (tertiary/aromatic N) is 3. The lowest BCUT2D eigenvalue weighted by Crippen LogP contribution is -2.39. The lowest BCUT2D eigenvalue weighted by Gasteiger charge is -2.33. The van der Waals surface area contributed by atoms with Gasteiger partial charge in [-0.1, -0.05) is 12.1 Å². The number of ketones is 1. The van der Waals surface area contributed by atoms with Crippen molar-refractivity contribution in [3.63, 3.8) is 0 Å². The predicted molar refractivity (Wildman–Crippen MR) is 108 cm³/mol. The Bertz CT molecular complexity index is 1280. The summed E-state index contributed by atoms with van der Waals surface area (Å²) in [5.41, 5.74) is 0.434. The molecule has 0 spiro atoms. The van der Waals surface area contributed by atoms with Gasteiger partial charge < -0.3 is 4.57 Å². The van der Waals surface area contributed by atoms with E-state index in [1.807, 2.05) is 0 Å². The van der Waals surface area contributed by atoms with Crippen LogP contribution in [0.25, 0.3) is 11.0 Å². The van der Waals surface area contributed by atoms with Crippen LogP contribution in [0, 0.1) is 5.82 Å². The number of hydrogen-bond donors (Lipinski definition) is 0. The summed E-state index contributed by atoms with van der Waals surface area (Å²) < 4.78 is 82.5. The normalized spacial score (nSPS) is 16.5. The van der Waals surface area contributed by atoms with Crippen molar-refractivity contribution in [1.82, 2.24) is 13.9 Å². The van der Waals surface area contributed by atoms with Gasteiger partial charge in [-0.2, -0.15) is 17.5 Å². The molecule has 1 aromatic heterocycles. The minimum atomic E-state index is -4.74. The molecule has 0 amide bonds. The van der Waals surface area contributed by atoms with Gasteiger partial charge in [-0.25, -0.2) is 17.8 Å². The highest BCUT2D eigenvalue weighted by atomic mass is 32.2. The number of hydrogen-bond acceptors (Lipinski definition) is 4. The molecule has 0 saturated carbocycles. The molecule has 1 aliphatic rings. The minimum Gasteiger partial charge on any atom is -0.317 e. The number of alkyl halides is 3. The van der Waals surface area contributed by atoms with E-state index in [0.29, 0.717) is 5.56 Å². The molecule has 0 atom stereocenters. The molecule has 11 heteroatoms. The second-order valence-electron chi connectivity index (χ2n) is 7.65. The van der Waals surface area contributed by atoms with Gasteiger partial charge in [0.15, 0.2) is 5.78 Å². The molecule has 2 aromatic carbocycles. The average molecular weight is 469 g/mol. The van der Waals surface area contributed by atoms with Crippen molar-refractivity contribution in [3.8, 4) is 0 Å². The van der Waals surface area contributed by atoms with E-state index < -0.39 is 33.9 Å². The Hall–Kier alpha value is -2.79. The van der Waals surface area contributed by atoms with Crippen molar-refractivity contribution in [2.24, 2.45) is 0 Å². The Balaban J connectivity index is 1.60. The van der Waals surface area contributed by atoms with Crippen LogP contribution in [0.5, 0.6) is 0 Å². The highest BCUT2D eigenvalue weighted by molar-refractivity contribution is 7.89. The third-order valence-corrected chi connectivity index (χ3v) is 7.51. The molecule has 6 nitrogen and oxygen atoms in total. The first kappa shape index (κ1) is 22.4. The van der Waals surface area contributed by atoms with Gasteiger partial charge in [-0.3, -0.25) is 4.79 Å². The summed E-state index contributed by atoms with van der Waals surface area (Å²) in [7, 11) is -3.86. The number of carbonyl (C=O) groups is 1. The van der Waals surface area contributed by atoms with E-state index in [-0.39, 0.29) is 47.6 Å². The first-order valence-electron chi connectivity index (χ1n) is 9.84. The first-order valence-corrected chi connectivity index (χ1v) is 11.3. The molecular weight excluding hydrogens is 450 g/mol. The number of piperidine rings is 1. The maximum absolute atomic E-state index is 13.6. The molecule has 0 N–H and O–H groups in total. The van der Waals surface area contributed by atoms with Gasteiger partial charge in [0.25, 0.3) is 0 Å². The quantitative estimate of drug-likeness (QED) is 0.419. The van der Waals surface area contributed by atoms with Crippen LogP contribution in [0.1, 0.15) is 42.0 Å². The van der Waals surface area contributed by atoms with E-state index in [1.165, 1.54) is 41.6 Å². The summed E-state index contributed by atoms with van der Waals surface area (Å²) >= 11 is 0. The van der Waals surface area contributed by atoms with Crippen LogP contribution in [-0.2, 0) is 16.2 Å². The van der Waals surface area contributed by atoms with Crippen LogP contribution in [0.4, 0.5) is 17.6 Å². The molecule has 1 aliphatic heterocycles. The van der Waals surface area contributed by atoms with Crippen LogP contribution in [0.2, 0.25) is 0 Å². The number of Topliss-reactive ketones (excluding diaryl/α,β-unsaturated/α-hetero) is 1.